The highest BCUT2D eigenvalue weighted by Gasteiger charge is 2.36. The Morgan fingerprint density at radius 3 is 2.46 bits per heavy atom. The van der Waals surface area contributed by atoms with Crippen LogP contribution in [0.4, 0.5) is 23.2 Å². The van der Waals surface area contributed by atoms with Gasteiger partial charge in [-0.1, -0.05) is 30.3 Å². The minimum atomic E-state index is -4.81. The quantitative estimate of drug-likeness (QED) is 0.227. The van der Waals surface area contributed by atoms with Crippen molar-refractivity contribution in [1.29, 1.82) is 5.26 Å². The molecule has 5 rings (SSSR count). The van der Waals surface area contributed by atoms with Crippen molar-refractivity contribution in [3.05, 3.63) is 112 Å². The van der Waals surface area contributed by atoms with Gasteiger partial charge in [-0.15, -0.1) is 0 Å². The van der Waals surface area contributed by atoms with Gasteiger partial charge in [-0.2, -0.15) is 23.5 Å². The van der Waals surface area contributed by atoms with Gasteiger partial charge in [0.1, 0.15) is 11.5 Å². The molecule has 4 aromatic rings. The first-order valence-electron chi connectivity index (χ1n) is 13.0. The second kappa shape index (κ2) is 11.5. The summed E-state index contributed by atoms with van der Waals surface area (Å²) in [4.78, 5) is 13.3. The molecule has 0 bridgehead atoms. The summed E-state index contributed by atoms with van der Waals surface area (Å²) in [5.41, 5.74) is 6.58. The molecule has 4 N–H and O–H groups in total. The predicted octanol–water partition coefficient (Wildman–Crippen LogP) is 5.70. The third kappa shape index (κ3) is 6.45. The van der Waals surface area contributed by atoms with Gasteiger partial charge in [-0.3, -0.25) is 4.79 Å². The average Bonchev–Trinajstić information content (AvgIpc) is 3.68. The summed E-state index contributed by atoms with van der Waals surface area (Å²) in [5, 5.41) is 18.7. The molecular weight excluding hydrogens is 536 g/mol. The zero-order valence-corrected chi connectivity index (χ0v) is 21.8. The average molecular weight is 563 g/mol. The minimum Gasteiger partial charge on any atom is -0.326 e. The van der Waals surface area contributed by atoms with E-state index in [-0.39, 0.29) is 24.0 Å². The van der Waals surface area contributed by atoms with E-state index in [2.05, 4.69) is 21.8 Å². The molecule has 1 saturated carbocycles. The SMILES string of the molecule is N#Cc1ccc(C(NCC2CC2)c2ccc(F)c(NC(=O)c3cc(C(F)(F)F)nn3-c3cccc(CN)c3)c2)cc1. The fourth-order valence-electron chi connectivity index (χ4n) is 4.48. The number of anilines is 1. The second-order valence-electron chi connectivity index (χ2n) is 9.91. The highest BCUT2D eigenvalue weighted by Crippen LogP contribution is 2.33. The molecule has 0 aliphatic heterocycles. The topological polar surface area (TPSA) is 109 Å². The number of alkyl halides is 3. The fourth-order valence-corrected chi connectivity index (χ4v) is 4.48. The Kier molecular flexibility index (Phi) is 7.88. The Morgan fingerprint density at radius 2 is 1.80 bits per heavy atom. The van der Waals surface area contributed by atoms with Gasteiger partial charge in [0.05, 0.1) is 29.0 Å². The van der Waals surface area contributed by atoms with Gasteiger partial charge in [-0.05, 0) is 78.4 Å². The van der Waals surface area contributed by atoms with Crippen LogP contribution < -0.4 is 16.4 Å². The molecule has 1 amide bonds. The van der Waals surface area contributed by atoms with Gasteiger partial charge in [0.2, 0.25) is 0 Å². The largest absolute Gasteiger partial charge is 0.435 e. The Bertz CT molecular complexity index is 1600. The van der Waals surface area contributed by atoms with E-state index < -0.39 is 29.3 Å². The van der Waals surface area contributed by atoms with Crippen LogP contribution in [0.1, 0.15) is 57.3 Å². The van der Waals surface area contributed by atoms with Crippen molar-refractivity contribution < 1.29 is 22.4 Å². The van der Waals surface area contributed by atoms with Crippen molar-refractivity contribution >= 4 is 11.6 Å². The van der Waals surface area contributed by atoms with Crippen LogP contribution in [0, 0.1) is 23.1 Å². The van der Waals surface area contributed by atoms with Crippen molar-refractivity contribution in [3.8, 4) is 11.8 Å². The molecule has 7 nitrogen and oxygen atoms in total. The van der Waals surface area contributed by atoms with E-state index in [4.69, 9.17) is 11.0 Å². The van der Waals surface area contributed by atoms with Crippen LogP contribution in [0.5, 0.6) is 0 Å². The molecule has 1 aliphatic carbocycles. The molecule has 0 saturated heterocycles. The van der Waals surface area contributed by atoms with E-state index in [1.165, 1.54) is 24.3 Å². The lowest BCUT2D eigenvalue weighted by atomic mass is 9.97. The summed E-state index contributed by atoms with van der Waals surface area (Å²) < 4.78 is 56.5. The highest BCUT2D eigenvalue weighted by molar-refractivity contribution is 6.03. The number of nitrogens with two attached hydrogens (primary N) is 1. The van der Waals surface area contributed by atoms with E-state index in [9.17, 15) is 22.4 Å². The number of halogens is 4. The summed E-state index contributed by atoms with van der Waals surface area (Å²) in [6.07, 6.45) is -2.59. The third-order valence-electron chi connectivity index (χ3n) is 6.88. The molecule has 0 spiro atoms. The Balaban J connectivity index is 1.48. The van der Waals surface area contributed by atoms with Crippen LogP contribution in [0.25, 0.3) is 5.69 Å². The molecule has 1 aromatic heterocycles. The number of nitrogens with zero attached hydrogens (tertiary/aromatic N) is 3. The van der Waals surface area contributed by atoms with Gasteiger partial charge in [0.15, 0.2) is 5.69 Å². The van der Waals surface area contributed by atoms with Crippen molar-refractivity contribution in [2.24, 2.45) is 11.7 Å². The van der Waals surface area contributed by atoms with Crippen molar-refractivity contribution in [2.45, 2.75) is 31.6 Å². The molecular formula is C30H26F4N6O. The van der Waals surface area contributed by atoms with Crippen LogP contribution in [0.3, 0.4) is 0 Å². The normalized spacial score (nSPS) is 14.0. The molecule has 11 heteroatoms. The maximum absolute atomic E-state index is 15.0. The highest BCUT2D eigenvalue weighted by atomic mass is 19.4. The number of hydrogen-bond acceptors (Lipinski definition) is 5. The number of nitriles is 1. The maximum atomic E-state index is 15.0. The van der Waals surface area contributed by atoms with E-state index >= 15 is 0 Å². The molecule has 0 radical (unpaired) electrons. The number of aromatic nitrogens is 2. The molecule has 1 heterocycles. The first-order valence-corrected chi connectivity index (χ1v) is 13.0. The zero-order valence-electron chi connectivity index (χ0n) is 21.8. The Hall–Kier alpha value is -4.53. The number of carbonyl (C=O) groups is 1. The van der Waals surface area contributed by atoms with E-state index in [0.717, 1.165) is 29.6 Å². The van der Waals surface area contributed by atoms with Gasteiger partial charge in [-0.25, -0.2) is 9.07 Å². The predicted molar refractivity (Wildman–Crippen MR) is 145 cm³/mol. The number of rotatable bonds is 9. The van der Waals surface area contributed by atoms with Gasteiger partial charge < -0.3 is 16.4 Å². The molecule has 3 aromatic carbocycles. The minimum absolute atomic E-state index is 0.135. The molecule has 1 unspecified atom stereocenters. The van der Waals surface area contributed by atoms with Crippen LogP contribution in [0.15, 0.2) is 72.8 Å². The van der Waals surface area contributed by atoms with Gasteiger partial charge in [0, 0.05) is 12.6 Å². The van der Waals surface area contributed by atoms with Gasteiger partial charge >= 0.3 is 6.18 Å². The Labute approximate surface area is 233 Å². The van der Waals surface area contributed by atoms with Crippen molar-refractivity contribution in [2.75, 3.05) is 11.9 Å². The zero-order chi connectivity index (χ0) is 29.1. The van der Waals surface area contributed by atoms with E-state index in [1.807, 2.05) is 0 Å². The lowest BCUT2D eigenvalue weighted by Crippen LogP contribution is -2.25. The van der Waals surface area contributed by atoms with Crippen molar-refractivity contribution in [1.82, 2.24) is 15.1 Å². The summed E-state index contributed by atoms with van der Waals surface area (Å²) >= 11 is 0. The van der Waals surface area contributed by atoms with Crippen LogP contribution in [0.2, 0.25) is 0 Å². The van der Waals surface area contributed by atoms with Crippen LogP contribution >= 0.6 is 0 Å². The number of amides is 1. The number of hydrogen-bond donors (Lipinski definition) is 3. The summed E-state index contributed by atoms with van der Waals surface area (Å²) in [6.45, 7) is 0.862. The maximum Gasteiger partial charge on any atom is 0.435 e. The van der Waals surface area contributed by atoms with Gasteiger partial charge in [0.25, 0.3) is 5.91 Å². The molecule has 1 aliphatic rings. The number of nitrogens with one attached hydrogen (secondary N) is 2. The molecule has 1 fully saturated rings. The summed E-state index contributed by atoms with van der Waals surface area (Å²) in [7, 11) is 0. The Morgan fingerprint density at radius 1 is 1.07 bits per heavy atom. The fraction of sp³-hybridized carbons (Fsp3) is 0.233. The van der Waals surface area contributed by atoms with E-state index in [1.54, 1.807) is 42.5 Å². The first-order chi connectivity index (χ1) is 19.7. The lowest BCUT2D eigenvalue weighted by molar-refractivity contribution is -0.141. The molecule has 1 atom stereocenters. The smallest absolute Gasteiger partial charge is 0.326 e. The first kappa shape index (κ1) is 28.0. The summed E-state index contributed by atoms with van der Waals surface area (Å²) in [5.74, 6) is -1.19. The second-order valence-corrected chi connectivity index (χ2v) is 9.91. The van der Waals surface area contributed by atoms with Crippen LogP contribution in [-0.2, 0) is 12.7 Å². The lowest BCUT2D eigenvalue weighted by Gasteiger charge is -2.21. The summed E-state index contributed by atoms with van der Waals surface area (Å²) in [6, 6.07) is 19.9. The third-order valence-corrected chi connectivity index (χ3v) is 6.88. The van der Waals surface area contributed by atoms with Crippen LogP contribution in [-0.4, -0.2) is 22.2 Å². The van der Waals surface area contributed by atoms with E-state index in [0.29, 0.717) is 28.7 Å². The standard InChI is InChI=1S/C30H26F4N6O/c31-24-11-10-22(28(37-17-19-4-5-19)21-8-6-18(15-35)7-9-21)13-25(24)38-29(41)26-14-27(30(32,33)34)39-40(26)23-3-1-2-20(12-23)16-36/h1-3,6-14,19,28,37H,4-5,16-17,36H2,(H,38,41). The van der Waals surface area contributed by atoms with Crippen molar-refractivity contribution in [3.63, 3.8) is 0 Å². The number of benzene rings is 3. The molecule has 41 heavy (non-hydrogen) atoms. The number of carbonyl (C=O) groups excluding carboxylic acids is 1. The molecule has 210 valence electrons. The monoisotopic (exact) mass is 562 g/mol.